The largest absolute Gasteiger partial charge is 0.546 e. The minimum absolute atomic E-state index is 0.460. The first-order valence-electron chi connectivity index (χ1n) is 11.0. The van der Waals surface area contributed by atoms with E-state index in [1.807, 2.05) is 19.1 Å². The predicted octanol–water partition coefficient (Wildman–Crippen LogP) is 4.13. The van der Waals surface area contributed by atoms with Crippen LogP contribution in [0.3, 0.4) is 0 Å². The summed E-state index contributed by atoms with van der Waals surface area (Å²) < 4.78 is 16.3. The number of anilines is 1. The van der Waals surface area contributed by atoms with E-state index in [-0.39, 0.29) is 0 Å². The molecule has 0 fully saturated rings. The van der Waals surface area contributed by atoms with E-state index in [1.165, 1.54) is 16.7 Å². The number of aryl methyl sites for hydroxylation is 2. The molecular weight excluding hydrogens is 418 g/mol. The van der Waals surface area contributed by atoms with Crippen LogP contribution >= 0.6 is 0 Å². The summed E-state index contributed by atoms with van der Waals surface area (Å²) in [5.74, 6) is 0.104. The van der Waals surface area contributed by atoms with Gasteiger partial charge in [0.1, 0.15) is 24.7 Å². The van der Waals surface area contributed by atoms with Crippen LogP contribution in [0, 0.1) is 13.8 Å². The molecule has 3 aromatic rings. The zero-order chi connectivity index (χ0) is 23.6. The van der Waals surface area contributed by atoms with Gasteiger partial charge < -0.3 is 29.4 Å². The van der Waals surface area contributed by atoms with Crippen LogP contribution < -0.4 is 19.9 Å². The van der Waals surface area contributed by atoms with Crippen molar-refractivity contribution in [2.45, 2.75) is 27.3 Å². The van der Waals surface area contributed by atoms with E-state index in [0.717, 1.165) is 22.6 Å². The Hall–Kier alpha value is -3.51. The summed E-state index contributed by atoms with van der Waals surface area (Å²) in [6.07, 6.45) is 0. The van der Waals surface area contributed by atoms with Crippen molar-refractivity contribution >= 4 is 11.7 Å². The fourth-order valence-corrected chi connectivity index (χ4v) is 3.68. The zero-order valence-corrected chi connectivity index (χ0v) is 19.4. The van der Waals surface area contributed by atoms with E-state index in [2.05, 4.69) is 55.6 Å². The first kappa shape index (κ1) is 24.1. The van der Waals surface area contributed by atoms with Gasteiger partial charge in [0.2, 0.25) is 0 Å². The van der Waals surface area contributed by atoms with Crippen LogP contribution in [0.25, 0.3) is 11.1 Å². The van der Waals surface area contributed by atoms with E-state index in [4.69, 9.17) is 14.2 Å². The normalized spacial score (nSPS) is 10.6. The number of nitrogens with one attached hydrogen (secondary N) is 1. The minimum atomic E-state index is -1.24. The average Bonchev–Trinajstić information content (AvgIpc) is 2.80. The topological polar surface area (TPSA) is 79.8 Å². The summed E-state index contributed by atoms with van der Waals surface area (Å²) in [7, 11) is 0. The maximum Gasteiger partial charge on any atom is 0.128 e. The highest BCUT2D eigenvalue weighted by Gasteiger charge is 2.09. The Balaban J connectivity index is 1.65. The molecule has 0 aromatic heterocycles. The number of carboxylic acids is 1. The second kappa shape index (κ2) is 11.9. The molecule has 6 heteroatoms. The lowest BCUT2D eigenvalue weighted by atomic mass is 9.94. The van der Waals surface area contributed by atoms with E-state index in [1.54, 1.807) is 12.1 Å². The number of rotatable bonds is 12. The summed E-state index contributed by atoms with van der Waals surface area (Å²) in [6.45, 7) is 8.19. The molecule has 0 saturated heterocycles. The van der Waals surface area contributed by atoms with Crippen LogP contribution in [-0.2, 0) is 16.1 Å². The SMILES string of the molecule is CCOCCOc1cc(C)c(-c2cccc(CNc3ccc(OCC(=O)[O-])cc3)c2)c(C)c1. The van der Waals surface area contributed by atoms with Crippen molar-refractivity contribution in [2.24, 2.45) is 0 Å². The van der Waals surface area contributed by atoms with Gasteiger partial charge >= 0.3 is 0 Å². The number of benzene rings is 3. The highest BCUT2D eigenvalue weighted by atomic mass is 16.5. The third-order valence-electron chi connectivity index (χ3n) is 5.13. The molecule has 3 aromatic carbocycles. The molecule has 1 N–H and O–H groups in total. The van der Waals surface area contributed by atoms with Gasteiger partial charge in [-0.3, -0.25) is 0 Å². The van der Waals surface area contributed by atoms with Gasteiger partial charge in [-0.15, -0.1) is 0 Å². The monoisotopic (exact) mass is 448 g/mol. The van der Waals surface area contributed by atoms with E-state index < -0.39 is 12.6 Å². The van der Waals surface area contributed by atoms with Crippen LogP contribution in [0.15, 0.2) is 60.7 Å². The third kappa shape index (κ3) is 7.26. The average molecular weight is 449 g/mol. The predicted molar refractivity (Wildman–Crippen MR) is 128 cm³/mol. The van der Waals surface area contributed by atoms with Crippen LogP contribution in [0.5, 0.6) is 11.5 Å². The Morgan fingerprint density at radius 1 is 0.909 bits per heavy atom. The standard InChI is InChI=1S/C27H31NO5/c1-4-31-12-13-32-25-14-19(2)27(20(3)15-25)22-7-5-6-21(16-22)17-28-23-8-10-24(11-9-23)33-18-26(29)30/h5-11,14-16,28H,4,12-13,17-18H2,1-3H3,(H,29,30)/p-1. The summed E-state index contributed by atoms with van der Waals surface area (Å²) in [4.78, 5) is 10.5. The van der Waals surface area contributed by atoms with E-state index >= 15 is 0 Å². The molecule has 0 aliphatic carbocycles. The highest BCUT2D eigenvalue weighted by Crippen LogP contribution is 2.31. The van der Waals surface area contributed by atoms with Crippen molar-refractivity contribution < 1.29 is 24.1 Å². The van der Waals surface area contributed by atoms with Gasteiger partial charge in [0.05, 0.1) is 12.6 Å². The maximum atomic E-state index is 10.5. The Bertz CT molecular complexity index is 1040. The van der Waals surface area contributed by atoms with Crippen LogP contribution in [0.1, 0.15) is 23.6 Å². The molecule has 0 unspecified atom stereocenters. The van der Waals surface area contributed by atoms with Crippen LogP contribution in [0.4, 0.5) is 5.69 Å². The smallest absolute Gasteiger partial charge is 0.128 e. The fraction of sp³-hybridized carbons (Fsp3) is 0.296. The van der Waals surface area contributed by atoms with Gasteiger partial charge in [0, 0.05) is 18.8 Å². The Labute approximate surface area is 195 Å². The van der Waals surface area contributed by atoms with E-state index in [0.29, 0.717) is 32.1 Å². The first-order chi connectivity index (χ1) is 16.0. The molecule has 0 atom stereocenters. The van der Waals surface area contributed by atoms with Crippen molar-refractivity contribution in [2.75, 3.05) is 31.7 Å². The maximum absolute atomic E-state index is 10.5. The molecule has 3 rings (SSSR count). The van der Waals surface area contributed by atoms with Gasteiger partial charge in [0.25, 0.3) is 0 Å². The molecule has 0 spiro atoms. The molecule has 33 heavy (non-hydrogen) atoms. The van der Waals surface area contributed by atoms with Crippen molar-refractivity contribution in [3.05, 3.63) is 77.4 Å². The summed E-state index contributed by atoms with van der Waals surface area (Å²) in [6, 6.07) is 19.8. The van der Waals surface area contributed by atoms with Crippen molar-refractivity contribution in [3.63, 3.8) is 0 Å². The number of hydrogen-bond acceptors (Lipinski definition) is 6. The molecule has 0 heterocycles. The molecule has 0 aliphatic rings. The quantitative estimate of drug-likeness (QED) is 0.420. The van der Waals surface area contributed by atoms with Gasteiger partial charge in [-0.25, -0.2) is 0 Å². The molecule has 174 valence electrons. The van der Waals surface area contributed by atoms with Crippen molar-refractivity contribution in [1.82, 2.24) is 0 Å². The van der Waals surface area contributed by atoms with Gasteiger partial charge in [-0.05, 0) is 91.1 Å². The number of carbonyl (C=O) groups is 1. The number of carbonyl (C=O) groups excluding carboxylic acids is 1. The molecule has 0 bridgehead atoms. The summed E-state index contributed by atoms with van der Waals surface area (Å²) >= 11 is 0. The van der Waals surface area contributed by atoms with Crippen molar-refractivity contribution in [1.29, 1.82) is 0 Å². The van der Waals surface area contributed by atoms with Gasteiger partial charge in [-0.1, -0.05) is 18.2 Å². The van der Waals surface area contributed by atoms with Crippen molar-refractivity contribution in [3.8, 4) is 22.6 Å². The highest BCUT2D eigenvalue weighted by molar-refractivity contribution is 5.72. The number of aliphatic carboxylic acids is 1. The van der Waals surface area contributed by atoms with E-state index in [9.17, 15) is 9.90 Å². The van der Waals surface area contributed by atoms with Crippen LogP contribution in [-0.4, -0.2) is 32.4 Å². The first-order valence-corrected chi connectivity index (χ1v) is 11.0. The third-order valence-corrected chi connectivity index (χ3v) is 5.13. The number of carboxylic acid groups (broad SMARTS) is 1. The second-order valence-electron chi connectivity index (χ2n) is 7.72. The number of hydrogen-bond donors (Lipinski definition) is 1. The lowest BCUT2D eigenvalue weighted by Gasteiger charge is -2.15. The Morgan fingerprint density at radius 2 is 1.64 bits per heavy atom. The van der Waals surface area contributed by atoms with Gasteiger partial charge in [-0.2, -0.15) is 0 Å². The minimum Gasteiger partial charge on any atom is -0.546 e. The summed E-state index contributed by atoms with van der Waals surface area (Å²) in [5.41, 5.74) is 6.78. The molecule has 0 aliphatic heterocycles. The number of ether oxygens (including phenoxy) is 3. The fourth-order valence-electron chi connectivity index (χ4n) is 3.68. The lowest BCUT2D eigenvalue weighted by molar-refractivity contribution is -0.307. The lowest BCUT2D eigenvalue weighted by Crippen LogP contribution is -2.28. The molecule has 0 radical (unpaired) electrons. The zero-order valence-electron chi connectivity index (χ0n) is 19.4. The Kier molecular flexibility index (Phi) is 8.72. The second-order valence-corrected chi connectivity index (χ2v) is 7.72. The van der Waals surface area contributed by atoms with Crippen LogP contribution in [0.2, 0.25) is 0 Å². The van der Waals surface area contributed by atoms with Gasteiger partial charge in [0.15, 0.2) is 0 Å². The Morgan fingerprint density at radius 3 is 2.30 bits per heavy atom. The molecular formula is C27H30NO5-. The summed E-state index contributed by atoms with van der Waals surface area (Å²) in [5, 5.41) is 13.9. The molecule has 0 amide bonds. The molecule has 0 saturated carbocycles. The molecule has 6 nitrogen and oxygen atoms in total.